The van der Waals surface area contributed by atoms with E-state index in [2.05, 4.69) is 17.3 Å². The lowest BCUT2D eigenvalue weighted by Crippen LogP contribution is -2.35. The maximum atomic E-state index is 5.96. The summed E-state index contributed by atoms with van der Waals surface area (Å²) in [5, 5.41) is 3.38. The Hall–Kier alpha value is -0.120. The molecule has 1 heterocycles. The summed E-state index contributed by atoms with van der Waals surface area (Å²) in [4.78, 5) is 2.47. The fourth-order valence-electron chi connectivity index (χ4n) is 3.24. The number of nitrogens with one attached hydrogen (secondary N) is 1. The maximum Gasteiger partial charge on any atom is 0.0600 e. The Morgan fingerprint density at radius 2 is 1.78 bits per heavy atom. The van der Waals surface area contributed by atoms with Crippen LogP contribution >= 0.6 is 0 Å². The molecule has 0 aromatic rings. The Bertz CT molecular complexity index is 211. The van der Waals surface area contributed by atoms with Gasteiger partial charge in [-0.3, -0.25) is 0 Å². The fraction of sp³-hybridized carbons (Fsp3) is 1.00. The third-order valence-corrected chi connectivity index (χ3v) is 4.41. The molecule has 2 aliphatic rings. The van der Waals surface area contributed by atoms with E-state index in [4.69, 9.17) is 4.74 Å². The minimum atomic E-state index is 0.509. The summed E-state index contributed by atoms with van der Waals surface area (Å²) in [6.45, 7) is 5.54. The van der Waals surface area contributed by atoms with E-state index in [1.807, 2.05) is 0 Å². The molecule has 0 atom stereocenters. The van der Waals surface area contributed by atoms with Crippen molar-refractivity contribution in [3.8, 4) is 0 Å². The monoisotopic (exact) mass is 254 g/mol. The van der Waals surface area contributed by atoms with Gasteiger partial charge in [0, 0.05) is 13.1 Å². The first-order valence-corrected chi connectivity index (χ1v) is 7.85. The number of hydrogen-bond donors (Lipinski definition) is 1. The van der Waals surface area contributed by atoms with Crippen molar-refractivity contribution in [2.75, 3.05) is 39.8 Å². The van der Waals surface area contributed by atoms with Gasteiger partial charge in [-0.2, -0.15) is 0 Å². The predicted octanol–water partition coefficient (Wildman–Crippen LogP) is 2.27. The minimum absolute atomic E-state index is 0.509. The Morgan fingerprint density at radius 1 is 1.06 bits per heavy atom. The van der Waals surface area contributed by atoms with Crippen LogP contribution < -0.4 is 5.32 Å². The molecule has 0 spiro atoms. The van der Waals surface area contributed by atoms with E-state index < -0.39 is 0 Å². The van der Waals surface area contributed by atoms with Gasteiger partial charge in [-0.15, -0.1) is 0 Å². The van der Waals surface area contributed by atoms with Crippen LogP contribution in [0.4, 0.5) is 0 Å². The summed E-state index contributed by atoms with van der Waals surface area (Å²) >= 11 is 0. The summed E-state index contributed by atoms with van der Waals surface area (Å²) < 4.78 is 5.96. The van der Waals surface area contributed by atoms with E-state index in [0.29, 0.717) is 6.10 Å². The highest BCUT2D eigenvalue weighted by atomic mass is 16.5. The van der Waals surface area contributed by atoms with Crippen LogP contribution in [-0.2, 0) is 4.74 Å². The van der Waals surface area contributed by atoms with Crippen molar-refractivity contribution in [2.45, 2.75) is 51.0 Å². The van der Waals surface area contributed by atoms with Gasteiger partial charge in [-0.1, -0.05) is 19.3 Å². The first-order valence-electron chi connectivity index (χ1n) is 7.85. The largest absolute Gasteiger partial charge is 0.377 e. The highest BCUT2D eigenvalue weighted by molar-refractivity contribution is 4.70. The summed E-state index contributed by atoms with van der Waals surface area (Å²) in [5.74, 6) is 0.947. The smallest absolute Gasteiger partial charge is 0.0600 e. The minimum Gasteiger partial charge on any atom is -0.377 e. The molecule has 106 valence electrons. The van der Waals surface area contributed by atoms with Crippen molar-refractivity contribution in [3.63, 3.8) is 0 Å². The Kier molecular flexibility index (Phi) is 6.46. The Labute approximate surface area is 112 Å². The second-order valence-corrected chi connectivity index (χ2v) is 6.09. The SMILES string of the molecule is CN(CCOC1CCNCC1)CC1CCCCC1. The maximum absolute atomic E-state index is 5.96. The second kappa shape index (κ2) is 8.13. The van der Waals surface area contributed by atoms with E-state index in [9.17, 15) is 0 Å². The first-order chi connectivity index (χ1) is 8.84. The lowest BCUT2D eigenvalue weighted by atomic mass is 9.89. The quantitative estimate of drug-likeness (QED) is 0.787. The van der Waals surface area contributed by atoms with Gasteiger partial charge in [0.25, 0.3) is 0 Å². The zero-order valence-electron chi connectivity index (χ0n) is 12.0. The number of likely N-dealkylation sites (N-methyl/N-ethyl adjacent to an activating group) is 1. The van der Waals surface area contributed by atoms with Crippen molar-refractivity contribution in [2.24, 2.45) is 5.92 Å². The first kappa shape index (κ1) is 14.3. The van der Waals surface area contributed by atoms with E-state index in [1.165, 1.54) is 51.5 Å². The highest BCUT2D eigenvalue weighted by Crippen LogP contribution is 2.23. The molecule has 0 amide bonds. The molecule has 18 heavy (non-hydrogen) atoms. The van der Waals surface area contributed by atoms with E-state index in [-0.39, 0.29) is 0 Å². The highest BCUT2D eigenvalue weighted by Gasteiger charge is 2.16. The van der Waals surface area contributed by atoms with Crippen LogP contribution in [0, 0.1) is 5.92 Å². The van der Waals surface area contributed by atoms with Crippen molar-refractivity contribution in [1.29, 1.82) is 0 Å². The van der Waals surface area contributed by atoms with Gasteiger partial charge >= 0.3 is 0 Å². The van der Waals surface area contributed by atoms with Crippen molar-refractivity contribution >= 4 is 0 Å². The summed E-state index contributed by atoms with van der Waals surface area (Å²) in [7, 11) is 2.25. The average molecular weight is 254 g/mol. The summed E-state index contributed by atoms with van der Waals surface area (Å²) in [5.41, 5.74) is 0. The van der Waals surface area contributed by atoms with Crippen LogP contribution in [-0.4, -0.2) is 50.8 Å². The molecule has 0 aromatic carbocycles. The summed E-state index contributed by atoms with van der Waals surface area (Å²) in [6.07, 6.45) is 10.1. The van der Waals surface area contributed by atoms with Crippen LogP contribution in [0.15, 0.2) is 0 Å². The van der Waals surface area contributed by atoms with Gasteiger partial charge in [0.15, 0.2) is 0 Å². The number of hydrogen-bond acceptors (Lipinski definition) is 3. The lowest BCUT2D eigenvalue weighted by Gasteiger charge is -2.28. The lowest BCUT2D eigenvalue weighted by molar-refractivity contribution is 0.0210. The molecule has 1 aliphatic carbocycles. The summed E-state index contributed by atoms with van der Waals surface area (Å²) in [6, 6.07) is 0. The molecule has 0 bridgehead atoms. The standard InChI is InChI=1S/C15H30N2O/c1-17(13-14-5-3-2-4-6-14)11-12-18-15-7-9-16-10-8-15/h14-16H,2-13H2,1H3. The third kappa shape index (κ3) is 5.25. The van der Waals surface area contributed by atoms with Gasteiger partial charge in [0.05, 0.1) is 12.7 Å². The second-order valence-electron chi connectivity index (χ2n) is 6.09. The Morgan fingerprint density at radius 3 is 2.50 bits per heavy atom. The molecule has 0 aromatic heterocycles. The van der Waals surface area contributed by atoms with Crippen LogP contribution in [0.1, 0.15) is 44.9 Å². The van der Waals surface area contributed by atoms with Gasteiger partial charge in [0.2, 0.25) is 0 Å². The average Bonchev–Trinajstić information content (AvgIpc) is 2.41. The van der Waals surface area contributed by atoms with Crippen molar-refractivity contribution < 1.29 is 4.74 Å². The van der Waals surface area contributed by atoms with Crippen LogP contribution in [0.2, 0.25) is 0 Å². The molecule has 3 heteroatoms. The topological polar surface area (TPSA) is 24.5 Å². The molecular formula is C15H30N2O. The molecule has 0 unspecified atom stereocenters. The van der Waals surface area contributed by atoms with Gasteiger partial charge in [0.1, 0.15) is 0 Å². The van der Waals surface area contributed by atoms with Crippen LogP contribution in [0.3, 0.4) is 0 Å². The molecule has 1 saturated carbocycles. The van der Waals surface area contributed by atoms with Crippen molar-refractivity contribution in [1.82, 2.24) is 10.2 Å². The molecule has 1 aliphatic heterocycles. The molecule has 2 fully saturated rings. The van der Waals surface area contributed by atoms with Gasteiger partial charge < -0.3 is 15.0 Å². The molecule has 1 N–H and O–H groups in total. The molecule has 1 saturated heterocycles. The third-order valence-electron chi connectivity index (χ3n) is 4.41. The predicted molar refractivity (Wildman–Crippen MR) is 75.9 cm³/mol. The zero-order chi connectivity index (χ0) is 12.6. The molecular weight excluding hydrogens is 224 g/mol. The number of rotatable bonds is 6. The number of nitrogens with zero attached hydrogens (tertiary/aromatic N) is 1. The number of piperidine rings is 1. The number of ether oxygens (including phenoxy) is 1. The fourth-order valence-corrected chi connectivity index (χ4v) is 3.24. The Balaban J connectivity index is 1.52. The van der Waals surface area contributed by atoms with Crippen molar-refractivity contribution in [3.05, 3.63) is 0 Å². The van der Waals surface area contributed by atoms with Gasteiger partial charge in [-0.25, -0.2) is 0 Å². The molecule has 0 radical (unpaired) electrons. The van der Waals surface area contributed by atoms with Crippen LogP contribution in [0.25, 0.3) is 0 Å². The zero-order valence-corrected chi connectivity index (χ0v) is 12.0. The molecule has 3 nitrogen and oxygen atoms in total. The van der Waals surface area contributed by atoms with Crippen LogP contribution in [0.5, 0.6) is 0 Å². The van der Waals surface area contributed by atoms with E-state index >= 15 is 0 Å². The van der Waals surface area contributed by atoms with E-state index in [0.717, 1.165) is 32.2 Å². The van der Waals surface area contributed by atoms with E-state index in [1.54, 1.807) is 0 Å². The van der Waals surface area contributed by atoms with Gasteiger partial charge in [-0.05, 0) is 51.7 Å². The normalized spacial score (nSPS) is 23.7. The molecule has 2 rings (SSSR count).